The van der Waals surface area contributed by atoms with E-state index in [2.05, 4.69) is 10.6 Å². The number of hydrogen-bond acceptors (Lipinski definition) is 5. The van der Waals surface area contributed by atoms with Gasteiger partial charge in [0.1, 0.15) is 6.04 Å². The normalized spacial score (nSPS) is 20.5. The topological polar surface area (TPSA) is 76.7 Å². The lowest BCUT2D eigenvalue weighted by Gasteiger charge is -2.28. The molecule has 25 heavy (non-hydrogen) atoms. The zero-order valence-electron chi connectivity index (χ0n) is 15.2. The molecule has 2 N–H and O–H groups in total. The summed E-state index contributed by atoms with van der Waals surface area (Å²) in [6.45, 7) is 2.78. The van der Waals surface area contributed by atoms with Crippen LogP contribution in [0.25, 0.3) is 0 Å². The third kappa shape index (κ3) is 5.28. The molecule has 1 fully saturated rings. The van der Waals surface area contributed by atoms with Gasteiger partial charge in [-0.1, -0.05) is 37.3 Å². The highest BCUT2D eigenvalue weighted by Gasteiger charge is 2.34. The van der Waals surface area contributed by atoms with E-state index >= 15 is 0 Å². The summed E-state index contributed by atoms with van der Waals surface area (Å²) in [5, 5.41) is 6.21. The standard InChI is InChI=1S/C19H28N2O4/c1-13(17(24-2)15-10-7-11-20-15)18(22)21-16(19(23)25-3)12-14-8-5-4-6-9-14/h4-6,8-9,13,15-17,20H,7,10-12H2,1-3H3,(H,21,22). The molecule has 0 radical (unpaired) electrons. The summed E-state index contributed by atoms with van der Waals surface area (Å²) >= 11 is 0. The summed E-state index contributed by atoms with van der Waals surface area (Å²) in [7, 11) is 2.95. The van der Waals surface area contributed by atoms with Gasteiger partial charge in [-0.25, -0.2) is 4.79 Å². The van der Waals surface area contributed by atoms with Crippen molar-refractivity contribution in [2.45, 2.75) is 44.4 Å². The van der Waals surface area contributed by atoms with Crippen LogP contribution in [0.2, 0.25) is 0 Å². The minimum atomic E-state index is -0.712. The van der Waals surface area contributed by atoms with E-state index in [0.29, 0.717) is 6.42 Å². The maximum atomic E-state index is 12.7. The largest absolute Gasteiger partial charge is 0.467 e. The molecule has 0 saturated carbocycles. The number of methoxy groups -OCH3 is 2. The van der Waals surface area contributed by atoms with E-state index in [4.69, 9.17) is 9.47 Å². The quantitative estimate of drug-likeness (QED) is 0.693. The zero-order valence-corrected chi connectivity index (χ0v) is 15.2. The molecule has 1 aliphatic rings. The number of hydrogen-bond donors (Lipinski definition) is 2. The molecule has 0 aliphatic carbocycles. The SMILES string of the molecule is COC(=O)C(Cc1ccccc1)NC(=O)C(C)C(OC)C1CCCN1. The Kier molecular flexibility index (Phi) is 7.40. The highest BCUT2D eigenvalue weighted by molar-refractivity contribution is 5.86. The second-order valence-electron chi connectivity index (χ2n) is 6.47. The molecule has 6 nitrogen and oxygen atoms in total. The fourth-order valence-electron chi connectivity index (χ4n) is 3.35. The van der Waals surface area contributed by atoms with Gasteiger partial charge in [0.2, 0.25) is 5.91 Å². The molecule has 0 aromatic heterocycles. The molecular weight excluding hydrogens is 320 g/mol. The van der Waals surface area contributed by atoms with Gasteiger partial charge in [0, 0.05) is 19.6 Å². The number of ether oxygens (including phenoxy) is 2. The van der Waals surface area contributed by atoms with E-state index in [1.54, 1.807) is 7.11 Å². The first-order chi connectivity index (χ1) is 12.1. The predicted molar refractivity (Wildman–Crippen MR) is 95.1 cm³/mol. The minimum Gasteiger partial charge on any atom is -0.467 e. The van der Waals surface area contributed by atoms with E-state index < -0.39 is 12.0 Å². The Morgan fingerprint density at radius 3 is 2.56 bits per heavy atom. The highest BCUT2D eigenvalue weighted by Crippen LogP contribution is 2.19. The Labute approximate surface area is 149 Å². The first-order valence-electron chi connectivity index (χ1n) is 8.75. The summed E-state index contributed by atoms with van der Waals surface area (Å²) in [4.78, 5) is 24.8. The average Bonchev–Trinajstić information content (AvgIpc) is 3.16. The van der Waals surface area contributed by atoms with Crippen molar-refractivity contribution in [1.29, 1.82) is 0 Å². The van der Waals surface area contributed by atoms with Crippen molar-refractivity contribution >= 4 is 11.9 Å². The fraction of sp³-hybridized carbons (Fsp3) is 0.579. The summed E-state index contributed by atoms with van der Waals surface area (Å²) in [6, 6.07) is 9.02. The van der Waals surface area contributed by atoms with Crippen molar-refractivity contribution < 1.29 is 19.1 Å². The summed E-state index contributed by atoms with van der Waals surface area (Å²) in [6.07, 6.45) is 2.24. The third-order valence-electron chi connectivity index (χ3n) is 4.76. The number of benzene rings is 1. The van der Waals surface area contributed by atoms with E-state index in [9.17, 15) is 9.59 Å². The lowest BCUT2D eigenvalue weighted by Crippen LogP contribution is -2.50. The molecule has 1 aromatic carbocycles. The van der Waals surface area contributed by atoms with Crippen LogP contribution >= 0.6 is 0 Å². The van der Waals surface area contributed by atoms with Crippen molar-refractivity contribution in [1.82, 2.24) is 10.6 Å². The molecule has 4 unspecified atom stereocenters. The molecule has 1 aromatic rings. The first-order valence-corrected chi connectivity index (χ1v) is 8.75. The Morgan fingerprint density at radius 2 is 2.00 bits per heavy atom. The molecule has 6 heteroatoms. The zero-order chi connectivity index (χ0) is 18.2. The van der Waals surface area contributed by atoms with Crippen LogP contribution < -0.4 is 10.6 Å². The monoisotopic (exact) mass is 348 g/mol. The van der Waals surface area contributed by atoms with Crippen LogP contribution in [0.5, 0.6) is 0 Å². The van der Waals surface area contributed by atoms with Gasteiger partial charge in [0.05, 0.1) is 19.1 Å². The second-order valence-corrected chi connectivity index (χ2v) is 6.47. The van der Waals surface area contributed by atoms with E-state index in [1.807, 2.05) is 37.3 Å². The molecule has 1 saturated heterocycles. The van der Waals surface area contributed by atoms with Gasteiger partial charge in [0.15, 0.2) is 0 Å². The van der Waals surface area contributed by atoms with Crippen molar-refractivity contribution in [2.75, 3.05) is 20.8 Å². The Balaban J connectivity index is 2.03. The van der Waals surface area contributed by atoms with Gasteiger partial charge in [-0.3, -0.25) is 4.79 Å². The summed E-state index contributed by atoms with van der Waals surface area (Å²) in [5.74, 6) is -1.02. The maximum absolute atomic E-state index is 12.7. The smallest absolute Gasteiger partial charge is 0.328 e. The molecule has 1 amide bonds. The number of rotatable bonds is 8. The highest BCUT2D eigenvalue weighted by atomic mass is 16.5. The second kappa shape index (κ2) is 9.53. The van der Waals surface area contributed by atoms with Crippen LogP contribution in [0.1, 0.15) is 25.3 Å². The van der Waals surface area contributed by atoms with Gasteiger partial charge < -0.3 is 20.1 Å². The molecule has 2 rings (SSSR count). The van der Waals surface area contributed by atoms with Gasteiger partial charge in [-0.05, 0) is 24.9 Å². The lowest BCUT2D eigenvalue weighted by molar-refractivity contribution is -0.146. The predicted octanol–water partition coefficient (Wildman–Crippen LogP) is 1.29. The van der Waals surface area contributed by atoms with Gasteiger partial charge >= 0.3 is 5.97 Å². The van der Waals surface area contributed by atoms with E-state index in [1.165, 1.54) is 7.11 Å². The molecule has 1 heterocycles. The molecule has 0 spiro atoms. The number of nitrogens with one attached hydrogen (secondary N) is 2. The molecule has 1 aliphatic heterocycles. The van der Waals surface area contributed by atoms with E-state index in [0.717, 1.165) is 24.9 Å². The Morgan fingerprint density at radius 1 is 1.28 bits per heavy atom. The summed E-state index contributed by atoms with van der Waals surface area (Å²) in [5.41, 5.74) is 0.964. The maximum Gasteiger partial charge on any atom is 0.328 e. The van der Waals surface area contributed by atoms with Crippen LogP contribution in [0.4, 0.5) is 0 Å². The van der Waals surface area contributed by atoms with Crippen LogP contribution in [0.15, 0.2) is 30.3 Å². The van der Waals surface area contributed by atoms with Crippen LogP contribution in [0.3, 0.4) is 0 Å². The van der Waals surface area contributed by atoms with Crippen molar-refractivity contribution in [3.63, 3.8) is 0 Å². The molecule has 138 valence electrons. The number of amides is 1. The van der Waals surface area contributed by atoms with Crippen molar-refractivity contribution in [2.24, 2.45) is 5.92 Å². The van der Waals surface area contributed by atoms with E-state index in [-0.39, 0.29) is 24.0 Å². The van der Waals surface area contributed by atoms with Crippen molar-refractivity contribution in [3.8, 4) is 0 Å². The third-order valence-corrected chi connectivity index (χ3v) is 4.76. The number of esters is 1. The van der Waals surface area contributed by atoms with Crippen LogP contribution in [-0.2, 0) is 25.5 Å². The fourth-order valence-corrected chi connectivity index (χ4v) is 3.35. The van der Waals surface area contributed by atoms with Gasteiger partial charge in [-0.2, -0.15) is 0 Å². The van der Waals surface area contributed by atoms with Crippen LogP contribution in [-0.4, -0.2) is 50.8 Å². The van der Waals surface area contributed by atoms with Crippen LogP contribution in [0, 0.1) is 5.92 Å². The number of carbonyl (C=O) groups excluding carboxylic acids is 2. The minimum absolute atomic E-state index is 0.163. The molecular formula is C19H28N2O4. The Bertz CT molecular complexity index is 558. The van der Waals surface area contributed by atoms with Gasteiger partial charge in [-0.15, -0.1) is 0 Å². The Hall–Kier alpha value is -1.92. The van der Waals surface area contributed by atoms with Gasteiger partial charge in [0.25, 0.3) is 0 Å². The number of carbonyl (C=O) groups is 2. The first kappa shape index (κ1) is 19.4. The average molecular weight is 348 g/mol. The molecule has 0 bridgehead atoms. The summed E-state index contributed by atoms with van der Waals surface area (Å²) < 4.78 is 10.4. The lowest BCUT2D eigenvalue weighted by atomic mass is 9.95. The van der Waals surface area contributed by atoms with Crippen molar-refractivity contribution in [3.05, 3.63) is 35.9 Å². The molecule has 4 atom stereocenters.